The Hall–Kier alpha value is -1.55. The smallest absolute Gasteiger partial charge is 0.241 e. The van der Waals surface area contributed by atoms with E-state index in [1.165, 1.54) is 0 Å². The van der Waals surface area contributed by atoms with Crippen molar-refractivity contribution in [2.75, 3.05) is 5.32 Å². The molecule has 0 aliphatic rings. The van der Waals surface area contributed by atoms with Crippen molar-refractivity contribution in [3.63, 3.8) is 0 Å². The largest absolute Gasteiger partial charge is 0.323 e. The summed E-state index contributed by atoms with van der Waals surface area (Å²) >= 11 is 12.0. The summed E-state index contributed by atoms with van der Waals surface area (Å²) in [6.45, 7) is 6.11. The Labute approximate surface area is 153 Å². The molecular formula is C19H22Cl2N2O. The van der Waals surface area contributed by atoms with Gasteiger partial charge in [-0.1, -0.05) is 67.4 Å². The molecule has 0 heterocycles. The van der Waals surface area contributed by atoms with Crippen LogP contribution in [-0.4, -0.2) is 11.9 Å². The first-order valence-corrected chi connectivity index (χ1v) is 8.71. The van der Waals surface area contributed by atoms with Gasteiger partial charge in [0.2, 0.25) is 5.91 Å². The third kappa shape index (κ3) is 4.97. The molecule has 2 aromatic carbocycles. The van der Waals surface area contributed by atoms with Gasteiger partial charge >= 0.3 is 0 Å². The summed E-state index contributed by atoms with van der Waals surface area (Å²) in [5.41, 5.74) is 1.72. The number of nitrogens with one attached hydrogen (secondary N) is 2. The predicted octanol–water partition coefficient (Wildman–Crippen LogP) is 5.31. The Morgan fingerprint density at radius 3 is 2.25 bits per heavy atom. The number of hydrogen-bond acceptors (Lipinski definition) is 2. The van der Waals surface area contributed by atoms with Crippen LogP contribution in [0.15, 0.2) is 48.5 Å². The summed E-state index contributed by atoms with van der Waals surface area (Å²) in [5.74, 6) is 0.211. The van der Waals surface area contributed by atoms with Crippen molar-refractivity contribution in [3.8, 4) is 0 Å². The lowest BCUT2D eigenvalue weighted by molar-refractivity contribution is -0.118. The second-order valence-electron chi connectivity index (χ2n) is 6.13. The molecular weight excluding hydrogens is 343 g/mol. The first-order valence-electron chi connectivity index (χ1n) is 7.95. The number of hydrogen-bond donors (Lipinski definition) is 2. The van der Waals surface area contributed by atoms with Gasteiger partial charge in [-0.2, -0.15) is 0 Å². The van der Waals surface area contributed by atoms with E-state index in [0.717, 1.165) is 5.56 Å². The maximum Gasteiger partial charge on any atom is 0.241 e. The minimum atomic E-state index is -0.371. The molecule has 2 aromatic rings. The molecule has 3 nitrogen and oxygen atoms in total. The van der Waals surface area contributed by atoms with Crippen molar-refractivity contribution in [3.05, 3.63) is 64.1 Å². The molecule has 2 N–H and O–H groups in total. The Balaban J connectivity index is 2.06. The van der Waals surface area contributed by atoms with Gasteiger partial charge in [-0.25, -0.2) is 0 Å². The van der Waals surface area contributed by atoms with Crippen LogP contribution in [0.4, 0.5) is 5.69 Å². The predicted molar refractivity (Wildman–Crippen MR) is 102 cm³/mol. The zero-order valence-electron chi connectivity index (χ0n) is 14.0. The maximum absolute atomic E-state index is 12.5. The molecule has 0 aliphatic heterocycles. The van der Waals surface area contributed by atoms with Crippen molar-refractivity contribution in [2.24, 2.45) is 5.92 Å². The molecule has 0 aliphatic carbocycles. The van der Waals surface area contributed by atoms with E-state index in [4.69, 9.17) is 23.2 Å². The molecule has 0 aromatic heterocycles. The lowest BCUT2D eigenvalue weighted by Gasteiger charge is -2.26. The van der Waals surface area contributed by atoms with E-state index in [9.17, 15) is 4.79 Å². The van der Waals surface area contributed by atoms with E-state index in [0.29, 0.717) is 21.7 Å². The fourth-order valence-electron chi connectivity index (χ4n) is 2.51. The molecule has 2 atom stereocenters. The number of halogens is 2. The van der Waals surface area contributed by atoms with Crippen LogP contribution in [0.1, 0.15) is 32.4 Å². The van der Waals surface area contributed by atoms with Crippen LogP contribution in [0.25, 0.3) is 0 Å². The minimum Gasteiger partial charge on any atom is -0.323 e. The van der Waals surface area contributed by atoms with Gasteiger partial charge in [0.15, 0.2) is 0 Å². The third-order valence-corrected chi connectivity index (χ3v) is 4.39. The van der Waals surface area contributed by atoms with Gasteiger partial charge in [-0.05, 0) is 36.6 Å². The summed E-state index contributed by atoms with van der Waals surface area (Å²) in [4.78, 5) is 12.5. The summed E-state index contributed by atoms with van der Waals surface area (Å²) in [6, 6.07) is 14.9. The Kier molecular flexibility index (Phi) is 6.67. The van der Waals surface area contributed by atoms with Gasteiger partial charge in [0.25, 0.3) is 0 Å². The van der Waals surface area contributed by atoms with Crippen LogP contribution >= 0.6 is 23.2 Å². The lowest BCUT2D eigenvalue weighted by Crippen LogP contribution is -2.41. The van der Waals surface area contributed by atoms with Gasteiger partial charge in [-0.3, -0.25) is 10.1 Å². The van der Waals surface area contributed by atoms with Crippen LogP contribution in [-0.2, 0) is 4.79 Å². The van der Waals surface area contributed by atoms with Crippen molar-refractivity contribution in [1.29, 1.82) is 0 Å². The van der Waals surface area contributed by atoms with E-state index in [2.05, 4.69) is 36.6 Å². The number of rotatable bonds is 6. The van der Waals surface area contributed by atoms with Crippen LogP contribution < -0.4 is 10.6 Å². The number of carbonyl (C=O) groups is 1. The van der Waals surface area contributed by atoms with E-state index < -0.39 is 0 Å². The summed E-state index contributed by atoms with van der Waals surface area (Å²) < 4.78 is 0. The topological polar surface area (TPSA) is 41.1 Å². The molecule has 0 spiro atoms. The number of benzene rings is 2. The second kappa shape index (κ2) is 8.52. The van der Waals surface area contributed by atoms with Crippen molar-refractivity contribution >= 4 is 34.8 Å². The first kappa shape index (κ1) is 18.8. The molecule has 2 rings (SSSR count). The molecule has 24 heavy (non-hydrogen) atoms. The first-order chi connectivity index (χ1) is 11.4. The quantitative estimate of drug-likeness (QED) is 0.729. The Morgan fingerprint density at radius 1 is 1.00 bits per heavy atom. The van der Waals surface area contributed by atoms with E-state index in [-0.39, 0.29) is 18.0 Å². The highest BCUT2D eigenvalue weighted by atomic mass is 35.5. The van der Waals surface area contributed by atoms with Crippen LogP contribution in [0.2, 0.25) is 10.0 Å². The van der Waals surface area contributed by atoms with E-state index in [1.54, 1.807) is 18.2 Å². The number of anilines is 1. The van der Waals surface area contributed by atoms with Gasteiger partial charge in [-0.15, -0.1) is 0 Å². The zero-order valence-corrected chi connectivity index (χ0v) is 15.5. The van der Waals surface area contributed by atoms with Crippen LogP contribution in [0.3, 0.4) is 0 Å². The molecule has 128 valence electrons. The monoisotopic (exact) mass is 364 g/mol. The summed E-state index contributed by atoms with van der Waals surface area (Å²) in [6.07, 6.45) is 0. The highest BCUT2D eigenvalue weighted by Crippen LogP contribution is 2.26. The fraction of sp³-hybridized carbons (Fsp3) is 0.316. The fourth-order valence-corrected chi connectivity index (χ4v) is 2.97. The molecule has 0 fully saturated rings. The van der Waals surface area contributed by atoms with Gasteiger partial charge in [0.1, 0.15) is 0 Å². The third-order valence-electron chi connectivity index (χ3n) is 3.84. The van der Waals surface area contributed by atoms with E-state index in [1.807, 2.05) is 25.1 Å². The molecule has 0 unspecified atom stereocenters. The molecule has 0 saturated carbocycles. The molecule has 0 bridgehead atoms. The highest BCUT2D eigenvalue weighted by molar-refractivity contribution is 6.36. The number of amides is 1. The number of carbonyl (C=O) groups excluding carboxylic acids is 1. The van der Waals surface area contributed by atoms with Crippen molar-refractivity contribution in [2.45, 2.75) is 32.9 Å². The van der Waals surface area contributed by atoms with E-state index >= 15 is 0 Å². The molecule has 5 heteroatoms. The summed E-state index contributed by atoms with van der Waals surface area (Å²) in [5, 5.41) is 7.20. The highest BCUT2D eigenvalue weighted by Gasteiger charge is 2.22. The van der Waals surface area contributed by atoms with Gasteiger partial charge < -0.3 is 5.32 Å². The summed E-state index contributed by atoms with van der Waals surface area (Å²) in [7, 11) is 0. The standard InChI is InChI=1S/C19H22Cl2N2O/c1-12(2)18(14-7-5-4-6-8-14)22-13(3)19(24)23-17-10-9-15(20)11-16(17)21/h4-13,18,22H,1-3H3,(H,23,24)/t13-,18+/m0/s1. The van der Waals surface area contributed by atoms with Crippen LogP contribution in [0.5, 0.6) is 0 Å². The molecule has 0 radical (unpaired) electrons. The van der Waals surface area contributed by atoms with Crippen molar-refractivity contribution < 1.29 is 4.79 Å². The molecule has 1 amide bonds. The molecule has 0 saturated heterocycles. The van der Waals surface area contributed by atoms with Crippen LogP contribution in [0, 0.1) is 5.92 Å². The van der Waals surface area contributed by atoms with Gasteiger partial charge in [0, 0.05) is 11.1 Å². The second-order valence-corrected chi connectivity index (χ2v) is 6.98. The SMILES string of the molecule is CC(C)[C@@H](N[C@@H](C)C(=O)Nc1ccc(Cl)cc1Cl)c1ccccc1. The minimum absolute atomic E-state index is 0.0904. The zero-order chi connectivity index (χ0) is 17.7. The maximum atomic E-state index is 12.5. The normalized spacial score (nSPS) is 13.6. The van der Waals surface area contributed by atoms with Gasteiger partial charge in [0.05, 0.1) is 16.8 Å². The average Bonchev–Trinajstić information content (AvgIpc) is 2.55. The average molecular weight is 365 g/mol. The lowest BCUT2D eigenvalue weighted by atomic mass is 9.95. The Morgan fingerprint density at radius 2 is 1.67 bits per heavy atom. The van der Waals surface area contributed by atoms with Crippen molar-refractivity contribution in [1.82, 2.24) is 5.32 Å². The Bertz CT molecular complexity index is 689.